The molecule has 0 N–H and O–H groups in total. The van der Waals surface area contributed by atoms with E-state index in [1.807, 2.05) is 34.0 Å². The van der Waals surface area contributed by atoms with Crippen LogP contribution in [0.15, 0.2) is 54.9 Å². The standard InChI is InChI=1S/C23H25FN4O/c1-16(2)22-25-12-15-28(22)21-5-3-4-20(26-21)17-10-13-27(14-11-17)23(29)18-6-8-19(24)9-7-18/h3-9,12,15-17H,10-11,13-14H2,1-2H3. The molecule has 150 valence electrons. The maximum absolute atomic E-state index is 13.1. The van der Waals surface area contributed by atoms with Crippen molar-refractivity contribution in [3.63, 3.8) is 0 Å². The van der Waals surface area contributed by atoms with E-state index in [4.69, 9.17) is 4.98 Å². The second-order valence-corrected chi connectivity index (χ2v) is 7.80. The van der Waals surface area contributed by atoms with Gasteiger partial charge in [0.25, 0.3) is 5.91 Å². The second kappa shape index (κ2) is 8.15. The van der Waals surface area contributed by atoms with E-state index in [1.165, 1.54) is 12.1 Å². The van der Waals surface area contributed by atoms with Gasteiger partial charge in [-0.25, -0.2) is 14.4 Å². The van der Waals surface area contributed by atoms with Crippen molar-refractivity contribution in [2.75, 3.05) is 13.1 Å². The quantitative estimate of drug-likeness (QED) is 0.655. The third-order valence-electron chi connectivity index (χ3n) is 5.48. The molecule has 2 aromatic heterocycles. The highest BCUT2D eigenvalue weighted by Gasteiger charge is 2.25. The maximum Gasteiger partial charge on any atom is 0.253 e. The minimum Gasteiger partial charge on any atom is -0.339 e. The van der Waals surface area contributed by atoms with Gasteiger partial charge < -0.3 is 4.90 Å². The van der Waals surface area contributed by atoms with Crippen molar-refractivity contribution in [2.45, 2.75) is 38.5 Å². The van der Waals surface area contributed by atoms with E-state index >= 15 is 0 Å². The van der Waals surface area contributed by atoms with Crippen LogP contribution in [0, 0.1) is 5.82 Å². The second-order valence-electron chi connectivity index (χ2n) is 7.80. The third-order valence-corrected chi connectivity index (χ3v) is 5.48. The maximum atomic E-state index is 13.1. The molecular formula is C23H25FN4O. The summed E-state index contributed by atoms with van der Waals surface area (Å²) in [4.78, 5) is 23.8. The molecule has 1 aliphatic rings. The van der Waals surface area contributed by atoms with Crippen LogP contribution in [0.1, 0.15) is 60.4 Å². The lowest BCUT2D eigenvalue weighted by atomic mass is 9.92. The number of piperidine rings is 1. The number of benzene rings is 1. The predicted octanol–water partition coefficient (Wildman–Crippen LogP) is 4.55. The van der Waals surface area contributed by atoms with Gasteiger partial charge in [0.1, 0.15) is 17.5 Å². The van der Waals surface area contributed by atoms with Crippen molar-refractivity contribution in [1.82, 2.24) is 19.4 Å². The number of rotatable bonds is 4. The van der Waals surface area contributed by atoms with E-state index in [0.29, 0.717) is 30.5 Å². The summed E-state index contributed by atoms with van der Waals surface area (Å²) in [6.07, 6.45) is 5.49. The van der Waals surface area contributed by atoms with Crippen LogP contribution in [-0.4, -0.2) is 38.4 Å². The Morgan fingerprint density at radius 2 is 1.83 bits per heavy atom. The Morgan fingerprint density at radius 3 is 2.52 bits per heavy atom. The van der Waals surface area contributed by atoms with Gasteiger partial charge in [-0.2, -0.15) is 0 Å². The number of hydrogen-bond acceptors (Lipinski definition) is 3. The number of hydrogen-bond donors (Lipinski definition) is 0. The van der Waals surface area contributed by atoms with Crippen LogP contribution in [0.4, 0.5) is 4.39 Å². The van der Waals surface area contributed by atoms with Crippen LogP contribution in [-0.2, 0) is 0 Å². The van der Waals surface area contributed by atoms with Gasteiger partial charge in [0.15, 0.2) is 0 Å². The van der Waals surface area contributed by atoms with E-state index in [2.05, 4.69) is 24.9 Å². The lowest BCUT2D eigenvalue weighted by molar-refractivity contribution is 0.0712. The van der Waals surface area contributed by atoms with Gasteiger partial charge in [-0.15, -0.1) is 0 Å². The molecule has 1 aliphatic heterocycles. The predicted molar refractivity (Wildman–Crippen MR) is 110 cm³/mol. The molecule has 0 bridgehead atoms. The fraction of sp³-hybridized carbons (Fsp3) is 0.348. The van der Waals surface area contributed by atoms with Crippen molar-refractivity contribution in [3.8, 4) is 5.82 Å². The first-order chi connectivity index (χ1) is 14.0. The number of likely N-dealkylation sites (tertiary alicyclic amines) is 1. The molecule has 5 nitrogen and oxygen atoms in total. The van der Waals surface area contributed by atoms with Crippen LogP contribution in [0.3, 0.4) is 0 Å². The molecule has 4 rings (SSSR count). The van der Waals surface area contributed by atoms with Crippen molar-refractivity contribution in [2.24, 2.45) is 0 Å². The van der Waals surface area contributed by atoms with Gasteiger partial charge in [-0.1, -0.05) is 19.9 Å². The van der Waals surface area contributed by atoms with Crippen LogP contribution < -0.4 is 0 Å². The molecule has 1 aromatic carbocycles. The van der Waals surface area contributed by atoms with Crippen molar-refractivity contribution in [3.05, 3.63) is 77.8 Å². The Labute approximate surface area is 170 Å². The molecule has 0 radical (unpaired) electrons. The average Bonchev–Trinajstić information content (AvgIpc) is 3.24. The summed E-state index contributed by atoms with van der Waals surface area (Å²) in [5.74, 6) is 2.15. The third kappa shape index (κ3) is 4.06. The number of carbonyl (C=O) groups is 1. The van der Waals surface area contributed by atoms with Gasteiger partial charge in [-0.05, 0) is 49.2 Å². The highest BCUT2D eigenvalue weighted by atomic mass is 19.1. The highest BCUT2D eigenvalue weighted by molar-refractivity contribution is 5.94. The van der Waals surface area contributed by atoms with Gasteiger partial charge in [0, 0.05) is 48.6 Å². The first-order valence-electron chi connectivity index (χ1n) is 10.1. The van der Waals surface area contributed by atoms with E-state index in [-0.39, 0.29) is 11.7 Å². The van der Waals surface area contributed by atoms with Crippen LogP contribution >= 0.6 is 0 Å². The molecule has 0 spiro atoms. The van der Waals surface area contributed by atoms with Crippen molar-refractivity contribution in [1.29, 1.82) is 0 Å². The van der Waals surface area contributed by atoms with Crippen LogP contribution in [0.2, 0.25) is 0 Å². The Balaban J connectivity index is 1.45. The number of nitrogens with zero attached hydrogens (tertiary/aromatic N) is 4. The first-order valence-corrected chi connectivity index (χ1v) is 10.1. The summed E-state index contributed by atoms with van der Waals surface area (Å²) >= 11 is 0. The topological polar surface area (TPSA) is 51.0 Å². The summed E-state index contributed by atoms with van der Waals surface area (Å²) in [6, 6.07) is 11.9. The molecule has 3 heterocycles. The molecule has 1 fully saturated rings. The van der Waals surface area contributed by atoms with Crippen LogP contribution in [0.25, 0.3) is 5.82 Å². The highest BCUT2D eigenvalue weighted by Crippen LogP contribution is 2.28. The number of aromatic nitrogens is 3. The smallest absolute Gasteiger partial charge is 0.253 e. The van der Waals surface area contributed by atoms with Crippen molar-refractivity contribution >= 4 is 5.91 Å². The average molecular weight is 392 g/mol. The summed E-state index contributed by atoms with van der Waals surface area (Å²) < 4.78 is 15.1. The number of amides is 1. The molecule has 0 aliphatic carbocycles. The molecule has 6 heteroatoms. The van der Waals surface area contributed by atoms with Gasteiger partial charge in [0.2, 0.25) is 0 Å². The fourth-order valence-corrected chi connectivity index (χ4v) is 3.89. The molecule has 29 heavy (non-hydrogen) atoms. The van der Waals surface area contributed by atoms with Crippen LogP contribution in [0.5, 0.6) is 0 Å². The molecule has 0 saturated carbocycles. The summed E-state index contributed by atoms with van der Waals surface area (Å²) in [5, 5.41) is 0. The number of carbonyl (C=O) groups excluding carboxylic acids is 1. The Bertz CT molecular complexity index is 988. The Morgan fingerprint density at radius 1 is 1.10 bits per heavy atom. The minimum atomic E-state index is -0.329. The molecule has 1 saturated heterocycles. The van der Waals surface area contributed by atoms with Gasteiger partial charge >= 0.3 is 0 Å². The number of imidazole rings is 1. The molecule has 1 amide bonds. The van der Waals surface area contributed by atoms with E-state index < -0.39 is 0 Å². The molecule has 0 unspecified atom stereocenters. The van der Waals surface area contributed by atoms with E-state index in [1.54, 1.807) is 12.1 Å². The molecular weight excluding hydrogens is 367 g/mol. The monoisotopic (exact) mass is 392 g/mol. The van der Waals surface area contributed by atoms with Crippen molar-refractivity contribution < 1.29 is 9.18 Å². The summed E-state index contributed by atoms with van der Waals surface area (Å²) in [6.45, 7) is 5.59. The molecule has 3 aromatic rings. The SMILES string of the molecule is CC(C)c1nccn1-c1cccc(C2CCN(C(=O)c3ccc(F)cc3)CC2)n1. The number of pyridine rings is 1. The normalized spacial score (nSPS) is 15.1. The molecule has 0 atom stereocenters. The largest absolute Gasteiger partial charge is 0.339 e. The summed E-state index contributed by atoms with van der Waals surface area (Å²) in [5.41, 5.74) is 1.59. The zero-order valence-electron chi connectivity index (χ0n) is 16.8. The van der Waals surface area contributed by atoms with Gasteiger partial charge in [-0.3, -0.25) is 9.36 Å². The van der Waals surface area contributed by atoms with E-state index in [0.717, 1.165) is 30.2 Å². The Hall–Kier alpha value is -3.02. The van der Waals surface area contributed by atoms with E-state index in [9.17, 15) is 9.18 Å². The lowest BCUT2D eigenvalue weighted by Crippen LogP contribution is -2.38. The Kier molecular flexibility index (Phi) is 5.43. The lowest BCUT2D eigenvalue weighted by Gasteiger charge is -2.32. The van der Waals surface area contributed by atoms with Gasteiger partial charge in [0.05, 0.1) is 0 Å². The fourth-order valence-electron chi connectivity index (χ4n) is 3.89. The zero-order valence-corrected chi connectivity index (χ0v) is 16.8. The first kappa shape index (κ1) is 19.3. The minimum absolute atomic E-state index is 0.0369. The summed E-state index contributed by atoms with van der Waals surface area (Å²) in [7, 11) is 0. The zero-order chi connectivity index (χ0) is 20.4. The number of halogens is 1.